The van der Waals surface area contributed by atoms with Gasteiger partial charge in [-0.1, -0.05) is 0 Å². The van der Waals surface area contributed by atoms with E-state index in [1.165, 1.54) is 0 Å². The summed E-state index contributed by atoms with van der Waals surface area (Å²) in [7, 11) is 0. The van der Waals surface area contributed by atoms with Gasteiger partial charge in [-0.05, 0) is 0 Å². The second kappa shape index (κ2) is 2.97. The van der Waals surface area contributed by atoms with E-state index in [4.69, 9.17) is 0 Å². The molecule has 0 N–H and O–H groups in total. The van der Waals surface area contributed by atoms with Gasteiger partial charge in [-0.3, -0.25) is 9.59 Å². The molecule has 74 valence electrons. The number of rotatable bonds is 1. The second-order valence-electron chi connectivity index (χ2n) is 2.55. The van der Waals surface area contributed by atoms with Crippen LogP contribution in [0.1, 0.15) is 6.42 Å². The molecule has 0 radical (unpaired) electrons. The lowest BCUT2D eigenvalue weighted by Gasteiger charge is -2.14. The topological polar surface area (TPSA) is 43.4 Å². The van der Waals surface area contributed by atoms with Gasteiger partial charge >= 0.3 is 18.1 Å². The van der Waals surface area contributed by atoms with E-state index >= 15 is 0 Å². The maximum Gasteiger partial charge on any atom is 0.420 e. The molecule has 0 aromatic rings. The van der Waals surface area contributed by atoms with E-state index in [0.717, 1.165) is 0 Å². The van der Waals surface area contributed by atoms with Gasteiger partial charge in [-0.15, -0.1) is 0 Å². The third-order valence-electron chi connectivity index (χ3n) is 1.57. The van der Waals surface area contributed by atoms with Crippen molar-refractivity contribution < 1.29 is 31.9 Å². The number of alkyl halides is 4. The molecule has 1 saturated heterocycles. The van der Waals surface area contributed by atoms with Gasteiger partial charge in [0.25, 0.3) is 0 Å². The molecule has 3 nitrogen and oxygen atoms in total. The lowest BCUT2D eigenvalue weighted by atomic mass is 10.0. The minimum atomic E-state index is -5.13. The van der Waals surface area contributed by atoms with Crippen LogP contribution in [-0.4, -0.2) is 24.3 Å². The lowest BCUT2D eigenvalue weighted by molar-refractivity contribution is -0.197. The Hall–Kier alpha value is -1.14. The van der Waals surface area contributed by atoms with E-state index in [1.54, 1.807) is 0 Å². The van der Waals surface area contributed by atoms with Crippen LogP contribution in [0, 0.1) is 5.92 Å². The zero-order chi connectivity index (χ0) is 10.2. The van der Waals surface area contributed by atoms with E-state index in [9.17, 15) is 27.2 Å². The number of carbonyl (C=O) groups excluding carboxylic acids is 2. The van der Waals surface area contributed by atoms with Crippen molar-refractivity contribution in [2.45, 2.75) is 18.8 Å². The third kappa shape index (κ3) is 1.96. The summed E-state index contributed by atoms with van der Waals surface area (Å²) in [6, 6.07) is 0. The Morgan fingerprint density at radius 2 is 1.92 bits per heavy atom. The fourth-order valence-corrected chi connectivity index (χ4v) is 0.944. The van der Waals surface area contributed by atoms with Gasteiger partial charge in [0.2, 0.25) is 6.17 Å². The first-order valence-electron chi connectivity index (χ1n) is 3.27. The summed E-state index contributed by atoms with van der Waals surface area (Å²) < 4.78 is 51.4. The van der Waals surface area contributed by atoms with Crippen molar-refractivity contribution >= 4 is 11.9 Å². The van der Waals surface area contributed by atoms with Crippen LogP contribution in [0.15, 0.2) is 0 Å². The van der Waals surface area contributed by atoms with Gasteiger partial charge in [-0.25, -0.2) is 4.39 Å². The molecule has 0 aliphatic carbocycles. The maximum atomic E-state index is 12.5. The zero-order valence-corrected chi connectivity index (χ0v) is 6.10. The number of hydrogen-bond acceptors (Lipinski definition) is 3. The first kappa shape index (κ1) is 9.94. The fraction of sp³-hybridized carbons (Fsp3) is 0.667. The molecule has 1 fully saturated rings. The highest BCUT2D eigenvalue weighted by atomic mass is 19.4. The van der Waals surface area contributed by atoms with Gasteiger partial charge in [0.15, 0.2) is 0 Å². The number of hydrogen-bond donors (Lipinski definition) is 0. The van der Waals surface area contributed by atoms with Crippen molar-refractivity contribution in [3.05, 3.63) is 0 Å². The van der Waals surface area contributed by atoms with Gasteiger partial charge in [0.05, 0.1) is 6.42 Å². The van der Waals surface area contributed by atoms with Crippen LogP contribution in [0.2, 0.25) is 0 Å². The normalized spacial score (nSPS) is 26.0. The Bertz CT molecular complexity index is 247. The van der Waals surface area contributed by atoms with Gasteiger partial charge in [0.1, 0.15) is 5.92 Å². The minimum absolute atomic E-state index is 0.848. The van der Waals surface area contributed by atoms with Crippen LogP contribution < -0.4 is 0 Å². The SMILES string of the molecule is O=C1CC(C(F)C(F)(F)F)C(=O)O1. The number of cyclic esters (lactones) is 2. The van der Waals surface area contributed by atoms with Crippen molar-refractivity contribution in [2.75, 3.05) is 0 Å². The van der Waals surface area contributed by atoms with Crippen molar-refractivity contribution in [2.24, 2.45) is 5.92 Å². The molecular weight excluding hydrogens is 196 g/mol. The van der Waals surface area contributed by atoms with Crippen LogP contribution in [0.25, 0.3) is 0 Å². The molecule has 13 heavy (non-hydrogen) atoms. The van der Waals surface area contributed by atoms with Crippen molar-refractivity contribution in [3.63, 3.8) is 0 Å². The molecule has 0 aromatic heterocycles. The molecule has 1 heterocycles. The molecule has 7 heteroatoms. The highest BCUT2D eigenvalue weighted by Crippen LogP contribution is 2.33. The predicted molar refractivity (Wildman–Crippen MR) is 30.2 cm³/mol. The monoisotopic (exact) mass is 200 g/mol. The Morgan fingerprint density at radius 1 is 1.38 bits per heavy atom. The molecule has 2 atom stereocenters. The smallest absolute Gasteiger partial charge is 0.393 e. The molecule has 0 saturated carbocycles. The Balaban J connectivity index is 2.73. The fourth-order valence-electron chi connectivity index (χ4n) is 0.944. The Kier molecular flexibility index (Phi) is 2.27. The second-order valence-corrected chi connectivity index (χ2v) is 2.55. The van der Waals surface area contributed by atoms with Gasteiger partial charge < -0.3 is 4.74 Å². The lowest BCUT2D eigenvalue weighted by Crippen LogP contribution is -2.34. The molecule has 0 aromatic carbocycles. The van der Waals surface area contributed by atoms with Gasteiger partial charge in [-0.2, -0.15) is 13.2 Å². The number of halogens is 4. The van der Waals surface area contributed by atoms with E-state index in [2.05, 4.69) is 4.74 Å². The quantitative estimate of drug-likeness (QED) is 0.360. The highest BCUT2D eigenvalue weighted by molar-refractivity contribution is 5.95. The zero-order valence-electron chi connectivity index (χ0n) is 6.10. The van der Waals surface area contributed by atoms with E-state index < -0.39 is 36.6 Å². The van der Waals surface area contributed by atoms with E-state index in [1.807, 2.05) is 0 Å². The summed E-state index contributed by atoms with van der Waals surface area (Å²) in [4.78, 5) is 20.8. The minimum Gasteiger partial charge on any atom is -0.393 e. The Labute approximate surface area is 69.7 Å². The van der Waals surface area contributed by atoms with Gasteiger partial charge in [0, 0.05) is 0 Å². The molecule has 1 rings (SSSR count). The van der Waals surface area contributed by atoms with E-state index in [-0.39, 0.29) is 0 Å². The van der Waals surface area contributed by atoms with Crippen LogP contribution in [0.4, 0.5) is 17.6 Å². The molecule has 2 unspecified atom stereocenters. The van der Waals surface area contributed by atoms with Crippen molar-refractivity contribution in [3.8, 4) is 0 Å². The molecule has 0 amide bonds. The number of carbonyl (C=O) groups is 2. The summed E-state index contributed by atoms with van der Waals surface area (Å²) in [5, 5.41) is 0. The maximum absolute atomic E-state index is 12.5. The first-order valence-corrected chi connectivity index (χ1v) is 3.27. The standard InChI is InChI=1S/C6H4F4O3/c7-4(6(8,9)10)2-1-3(11)13-5(2)12/h2,4H,1H2. The summed E-state index contributed by atoms with van der Waals surface area (Å²) in [6.07, 6.45) is -9.31. The predicted octanol–water partition coefficient (Wildman–Crippen LogP) is 0.977. The summed E-state index contributed by atoms with van der Waals surface area (Å²) in [6.45, 7) is 0. The third-order valence-corrected chi connectivity index (χ3v) is 1.57. The van der Waals surface area contributed by atoms with E-state index in [0.29, 0.717) is 0 Å². The summed E-state index contributed by atoms with van der Waals surface area (Å²) in [5.41, 5.74) is 0. The molecular formula is C6H4F4O3. The highest BCUT2D eigenvalue weighted by Gasteiger charge is 2.52. The van der Waals surface area contributed by atoms with Crippen molar-refractivity contribution in [1.29, 1.82) is 0 Å². The number of esters is 2. The Morgan fingerprint density at radius 3 is 2.23 bits per heavy atom. The molecule has 0 spiro atoms. The number of ether oxygens (including phenoxy) is 1. The average Bonchev–Trinajstić information content (AvgIpc) is 2.26. The van der Waals surface area contributed by atoms with Crippen molar-refractivity contribution in [1.82, 2.24) is 0 Å². The average molecular weight is 200 g/mol. The first-order chi connectivity index (χ1) is 5.82. The molecule has 1 aliphatic rings. The van der Waals surface area contributed by atoms with Crippen LogP contribution in [0.3, 0.4) is 0 Å². The largest absolute Gasteiger partial charge is 0.420 e. The van der Waals surface area contributed by atoms with Crippen LogP contribution >= 0.6 is 0 Å². The molecule has 0 bridgehead atoms. The summed E-state index contributed by atoms with van der Waals surface area (Å²) in [5.74, 6) is -4.61. The summed E-state index contributed by atoms with van der Waals surface area (Å²) >= 11 is 0. The van der Waals surface area contributed by atoms with Crippen LogP contribution in [0.5, 0.6) is 0 Å². The molecule has 1 aliphatic heterocycles. The van der Waals surface area contributed by atoms with Crippen LogP contribution in [-0.2, 0) is 14.3 Å².